The average Bonchev–Trinajstić information content (AvgIpc) is 2.81. The van der Waals surface area contributed by atoms with Gasteiger partial charge in [0, 0.05) is 36.6 Å². The number of fused-ring (bicyclic) bond motifs is 1. The maximum atomic E-state index is 13.1. The Bertz CT molecular complexity index is 995. The van der Waals surface area contributed by atoms with Crippen LogP contribution in [-0.2, 0) is 25.3 Å². The Labute approximate surface area is 217 Å². The molecule has 198 valence electrons. The van der Waals surface area contributed by atoms with E-state index in [-0.39, 0.29) is 29.6 Å². The first-order valence-electron chi connectivity index (χ1n) is 13.1. The molecule has 2 atom stereocenters. The van der Waals surface area contributed by atoms with Gasteiger partial charge in [-0.3, -0.25) is 0 Å². The molecule has 3 rings (SSSR count). The number of nitrogens with zero attached hydrogens (tertiary/aromatic N) is 1. The lowest BCUT2D eigenvalue weighted by Gasteiger charge is -2.49. The summed E-state index contributed by atoms with van der Waals surface area (Å²) < 4.78 is 17.7. The molecule has 36 heavy (non-hydrogen) atoms. The molecule has 0 aromatic heterocycles. The SMILES string of the molecule is CCOC(=O)C1=CC(C)=C[C@@]2(CCO[Si](C)(C)C(C)(C)C)CN(C(=O)OCc3ccccc3)CC[C@@H]12. The fraction of sp³-hybridized carbons (Fsp3) is 0.586. The lowest BCUT2D eigenvalue weighted by molar-refractivity contribution is -0.140. The Morgan fingerprint density at radius 2 is 1.83 bits per heavy atom. The summed E-state index contributed by atoms with van der Waals surface area (Å²) in [7, 11) is -1.94. The Kier molecular flexibility index (Phi) is 8.88. The zero-order chi connectivity index (χ0) is 26.6. The van der Waals surface area contributed by atoms with Crippen molar-refractivity contribution in [3.05, 3.63) is 59.2 Å². The molecule has 7 heteroatoms. The van der Waals surface area contributed by atoms with Gasteiger partial charge < -0.3 is 18.8 Å². The fourth-order valence-corrected chi connectivity index (χ4v) is 6.03. The van der Waals surface area contributed by atoms with Gasteiger partial charge in [-0.1, -0.05) is 62.8 Å². The molecule has 1 fully saturated rings. The van der Waals surface area contributed by atoms with E-state index in [0.29, 0.717) is 38.3 Å². The molecule has 0 saturated carbocycles. The summed E-state index contributed by atoms with van der Waals surface area (Å²) in [5.41, 5.74) is 2.27. The Hall–Kier alpha value is -2.38. The van der Waals surface area contributed by atoms with E-state index in [0.717, 1.165) is 17.6 Å². The van der Waals surface area contributed by atoms with E-state index in [1.54, 1.807) is 4.90 Å². The minimum atomic E-state index is -1.94. The Balaban J connectivity index is 1.82. The molecule has 1 amide bonds. The second kappa shape index (κ2) is 11.3. The minimum absolute atomic E-state index is 0.0264. The summed E-state index contributed by atoms with van der Waals surface area (Å²) >= 11 is 0. The monoisotopic (exact) mass is 513 g/mol. The van der Waals surface area contributed by atoms with Crippen molar-refractivity contribution in [1.29, 1.82) is 0 Å². The van der Waals surface area contributed by atoms with Crippen LogP contribution in [0.4, 0.5) is 4.79 Å². The molecule has 0 N–H and O–H groups in total. The van der Waals surface area contributed by atoms with E-state index in [1.807, 2.05) is 50.3 Å². The number of ether oxygens (including phenoxy) is 2. The van der Waals surface area contributed by atoms with Crippen molar-refractivity contribution >= 4 is 20.4 Å². The molecule has 0 radical (unpaired) electrons. The maximum absolute atomic E-state index is 13.1. The molecular formula is C29H43NO5Si. The lowest BCUT2D eigenvalue weighted by Crippen LogP contribution is -2.53. The maximum Gasteiger partial charge on any atom is 0.410 e. The van der Waals surface area contributed by atoms with Crippen LogP contribution < -0.4 is 0 Å². The van der Waals surface area contributed by atoms with Gasteiger partial charge in [-0.25, -0.2) is 9.59 Å². The van der Waals surface area contributed by atoms with Crippen LogP contribution in [0.15, 0.2) is 53.6 Å². The molecule has 1 aromatic carbocycles. The minimum Gasteiger partial charge on any atom is -0.463 e. The number of piperidine rings is 1. The third kappa shape index (κ3) is 6.48. The highest BCUT2D eigenvalue weighted by Crippen LogP contribution is 2.48. The molecule has 1 aliphatic carbocycles. The van der Waals surface area contributed by atoms with Gasteiger partial charge >= 0.3 is 12.1 Å². The van der Waals surface area contributed by atoms with E-state index < -0.39 is 13.7 Å². The summed E-state index contributed by atoms with van der Waals surface area (Å²) in [4.78, 5) is 27.8. The van der Waals surface area contributed by atoms with Crippen LogP contribution in [0.1, 0.15) is 53.0 Å². The van der Waals surface area contributed by atoms with Gasteiger partial charge in [0.15, 0.2) is 8.32 Å². The number of benzene rings is 1. The zero-order valence-electron chi connectivity index (χ0n) is 23.1. The summed E-state index contributed by atoms with van der Waals surface area (Å²) in [6, 6.07) is 9.71. The largest absolute Gasteiger partial charge is 0.463 e. The molecule has 2 aliphatic rings. The average molecular weight is 514 g/mol. The number of hydrogen-bond donors (Lipinski definition) is 0. The highest BCUT2D eigenvalue weighted by Gasteiger charge is 2.48. The van der Waals surface area contributed by atoms with Crippen LogP contribution in [0.3, 0.4) is 0 Å². The van der Waals surface area contributed by atoms with Gasteiger partial charge in [0.05, 0.1) is 6.61 Å². The van der Waals surface area contributed by atoms with Gasteiger partial charge in [-0.05, 0) is 56.5 Å². The quantitative estimate of drug-likeness (QED) is 0.293. The third-order valence-corrected chi connectivity index (χ3v) is 12.5. The van der Waals surface area contributed by atoms with Crippen molar-refractivity contribution in [2.75, 3.05) is 26.3 Å². The summed E-state index contributed by atoms with van der Waals surface area (Å²) in [5.74, 6) is -0.286. The van der Waals surface area contributed by atoms with Crippen LogP contribution in [0.5, 0.6) is 0 Å². The first kappa shape index (κ1) is 28.2. The highest BCUT2D eigenvalue weighted by atomic mass is 28.4. The van der Waals surface area contributed by atoms with Gasteiger partial charge in [0.1, 0.15) is 6.61 Å². The number of carbonyl (C=O) groups excluding carboxylic acids is 2. The number of carbonyl (C=O) groups is 2. The predicted octanol–water partition coefficient (Wildman–Crippen LogP) is 6.49. The normalized spacial score (nSPS) is 22.3. The van der Waals surface area contributed by atoms with Gasteiger partial charge in [-0.2, -0.15) is 0 Å². The topological polar surface area (TPSA) is 65.1 Å². The van der Waals surface area contributed by atoms with E-state index in [2.05, 4.69) is 39.9 Å². The lowest BCUT2D eigenvalue weighted by atomic mass is 9.62. The second-order valence-corrected chi connectivity index (χ2v) is 16.4. The van der Waals surface area contributed by atoms with E-state index in [9.17, 15) is 9.59 Å². The Morgan fingerprint density at radius 1 is 1.14 bits per heavy atom. The number of likely N-dealkylation sites (tertiary alicyclic amines) is 1. The third-order valence-electron chi connectivity index (χ3n) is 7.95. The zero-order valence-corrected chi connectivity index (χ0v) is 24.1. The van der Waals surface area contributed by atoms with E-state index in [4.69, 9.17) is 13.9 Å². The molecule has 1 aromatic rings. The van der Waals surface area contributed by atoms with Crippen molar-refractivity contribution in [2.24, 2.45) is 11.3 Å². The number of amides is 1. The van der Waals surface area contributed by atoms with Crippen LogP contribution in [0, 0.1) is 11.3 Å². The summed E-state index contributed by atoms with van der Waals surface area (Å²) in [5, 5.41) is 0.109. The smallest absolute Gasteiger partial charge is 0.410 e. The van der Waals surface area contributed by atoms with E-state index >= 15 is 0 Å². The number of esters is 1. The van der Waals surface area contributed by atoms with Crippen LogP contribution in [0.2, 0.25) is 18.1 Å². The molecule has 1 aliphatic heterocycles. The molecule has 0 bridgehead atoms. The standard InChI is InChI=1S/C29H43NO5Si/c1-8-33-26(31)24-18-22(2)19-29(15-17-35-36(6,7)28(3,4)5)21-30(16-14-25(24)29)27(32)34-20-23-12-10-9-11-13-23/h9-13,18-19,25H,8,14-17,20-21H2,1-7H3/t25-,29-/m0/s1. The predicted molar refractivity (Wildman–Crippen MR) is 145 cm³/mol. The van der Waals surface area contributed by atoms with Crippen molar-refractivity contribution in [3.63, 3.8) is 0 Å². The van der Waals surface area contributed by atoms with Crippen molar-refractivity contribution < 1.29 is 23.5 Å². The second-order valence-electron chi connectivity index (χ2n) is 11.6. The van der Waals surface area contributed by atoms with E-state index in [1.165, 1.54) is 0 Å². The van der Waals surface area contributed by atoms with Gasteiger partial charge in [0.25, 0.3) is 0 Å². The fourth-order valence-electron chi connectivity index (χ4n) is 4.99. The van der Waals surface area contributed by atoms with Gasteiger partial charge in [0.2, 0.25) is 0 Å². The van der Waals surface area contributed by atoms with Crippen molar-refractivity contribution in [1.82, 2.24) is 4.90 Å². The number of allylic oxidation sites excluding steroid dienone is 2. The molecule has 6 nitrogen and oxygen atoms in total. The van der Waals surface area contributed by atoms with Crippen LogP contribution >= 0.6 is 0 Å². The Morgan fingerprint density at radius 3 is 2.47 bits per heavy atom. The molecular weight excluding hydrogens is 470 g/mol. The number of hydrogen-bond acceptors (Lipinski definition) is 5. The first-order valence-corrected chi connectivity index (χ1v) is 16.0. The molecule has 0 unspecified atom stereocenters. The molecule has 0 spiro atoms. The highest BCUT2D eigenvalue weighted by molar-refractivity contribution is 6.74. The van der Waals surface area contributed by atoms with Crippen LogP contribution in [-0.4, -0.2) is 51.6 Å². The van der Waals surface area contributed by atoms with Crippen molar-refractivity contribution in [3.8, 4) is 0 Å². The van der Waals surface area contributed by atoms with Crippen molar-refractivity contribution in [2.45, 2.75) is 72.2 Å². The molecule has 1 saturated heterocycles. The van der Waals surface area contributed by atoms with Crippen LogP contribution in [0.25, 0.3) is 0 Å². The number of rotatable bonds is 8. The summed E-state index contributed by atoms with van der Waals surface area (Å²) in [6.07, 6.45) is 5.28. The van der Waals surface area contributed by atoms with Gasteiger partial charge in [-0.15, -0.1) is 0 Å². The first-order chi connectivity index (χ1) is 16.9. The summed E-state index contributed by atoms with van der Waals surface area (Å²) in [6.45, 7) is 17.2. The molecule has 1 heterocycles.